The highest BCUT2D eigenvalue weighted by atomic mass is 79.9. The van der Waals surface area contributed by atoms with Crippen molar-refractivity contribution in [1.82, 2.24) is 5.06 Å². The SMILES string of the molecule is CCON(C)C(=O)CCC(=O)c1ccc(Br)cc1. The molecule has 0 saturated carbocycles. The highest BCUT2D eigenvalue weighted by Gasteiger charge is 2.12. The topological polar surface area (TPSA) is 46.6 Å². The average molecular weight is 314 g/mol. The normalized spacial score (nSPS) is 10.2. The highest BCUT2D eigenvalue weighted by molar-refractivity contribution is 9.10. The lowest BCUT2D eigenvalue weighted by Gasteiger charge is -2.14. The number of hydroxylamine groups is 2. The van der Waals surface area contributed by atoms with E-state index in [-0.39, 0.29) is 24.5 Å². The monoisotopic (exact) mass is 313 g/mol. The molecule has 0 saturated heterocycles. The van der Waals surface area contributed by atoms with Crippen molar-refractivity contribution in [1.29, 1.82) is 0 Å². The van der Waals surface area contributed by atoms with Crippen LogP contribution in [-0.4, -0.2) is 30.4 Å². The van der Waals surface area contributed by atoms with Crippen molar-refractivity contribution in [3.63, 3.8) is 0 Å². The molecule has 5 heteroatoms. The van der Waals surface area contributed by atoms with E-state index < -0.39 is 0 Å². The van der Waals surface area contributed by atoms with Crippen LogP contribution in [0.25, 0.3) is 0 Å². The second-order valence-electron chi connectivity index (χ2n) is 3.74. The summed E-state index contributed by atoms with van der Waals surface area (Å²) in [5.41, 5.74) is 0.616. The van der Waals surface area contributed by atoms with Gasteiger partial charge in [0, 0.05) is 29.9 Å². The summed E-state index contributed by atoms with van der Waals surface area (Å²) in [5.74, 6) is -0.233. The minimum absolute atomic E-state index is 0.0410. The second-order valence-corrected chi connectivity index (χ2v) is 4.65. The third-order valence-electron chi connectivity index (χ3n) is 2.41. The van der Waals surface area contributed by atoms with Gasteiger partial charge in [-0.2, -0.15) is 0 Å². The Bertz CT molecular complexity index is 417. The Kier molecular flexibility index (Phi) is 6.01. The van der Waals surface area contributed by atoms with Gasteiger partial charge < -0.3 is 0 Å². The number of rotatable bonds is 6. The molecule has 0 fully saturated rings. The lowest BCUT2D eigenvalue weighted by atomic mass is 10.1. The van der Waals surface area contributed by atoms with E-state index in [1.165, 1.54) is 5.06 Å². The maximum Gasteiger partial charge on any atom is 0.246 e. The Morgan fingerprint density at radius 1 is 1.22 bits per heavy atom. The summed E-state index contributed by atoms with van der Waals surface area (Å²) in [4.78, 5) is 28.4. The fourth-order valence-corrected chi connectivity index (χ4v) is 1.69. The lowest BCUT2D eigenvalue weighted by Crippen LogP contribution is -2.27. The van der Waals surface area contributed by atoms with Crippen molar-refractivity contribution in [3.05, 3.63) is 34.3 Å². The summed E-state index contributed by atoms with van der Waals surface area (Å²) in [7, 11) is 1.55. The summed E-state index contributed by atoms with van der Waals surface area (Å²) >= 11 is 3.30. The van der Waals surface area contributed by atoms with Crippen LogP contribution in [0.1, 0.15) is 30.1 Å². The minimum Gasteiger partial charge on any atom is -0.294 e. The summed E-state index contributed by atoms with van der Waals surface area (Å²) in [6.45, 7) is 2.24. The first-order chi connectivity index (χ1) is 8.54. The second kappa shape index (κ2) is 7.28. The number of halogens is 1. The standard InChI is InChI=1S/C13H16BrNO3/c1-3-18-15(2)13(17)9-8-12(16)10-4-6-11(14)7-5-10/h4-7H,3,8-9H2,1-2H3. The number of ketones is 1. The van der Waals surface area contributed by atoms with E-state index in [2.05, 4.69) is 15.9 Å². The molecular formula is C13H16BrNO3. The maximum atomic E-state index is 11.8. The zero-order valence-electron chi connectivity index (χ0n) is 10.5. The summed E-state index contributed by atoms with van der Waals surface area (Å²) in [6.07, 6.45) is 0.350. The van der Waals surface area contributed by atoms with Crippen molar-refractivity contribution in [2.45, 2.75) is 19.8 Å². The van der Waals surface area contributed by atoms with Gasteiger partial charge in [-0.3, -0.25) is 14.4 Å². The van der Waals surface area contributed by atoms with Crippen molar-refractivity contribution < 1.29 is 14.4 Å². The summed E-state index contributed by atoms with van der Waals surface area (Å²) in [6, 6.07) is 7.09. The number of nitrogens with zero attached hydrogens (tertiary/aromatic N) is 1. The van der Waals surface area contributed by atoms with Crippen LogP contribution in [0.2, 0.25) is 0 Å². The molecule has 0 heterocycles. The van der Waals surface area contributed by atoms with Gasteiger partial charge in [0.1, 0.15) is 0 Å². The van der Waals surface area contributed by atoms with Gasteiger partial charge >= 0.3 is 0 Å². The zero-order valence-corrected chi connectivity index (χ0v) is 12.1. The van der Waals surface area contributed by atoms with Crippen LogP contribution in [0.4, 0.5) is 0 Å². The van der Waals surface area contributed by atoms with Crippen LogP contribution >= 0.6 is 15.9 Å². The predicted molar refractivity (Wildman–Crippen MR) is 72.1 cm³/mol. The third-order valence-corrected chi connectivity index (χ3v) is 2.93. The summed E-state index contributed by atoms with van der Waals surface area (Å²) in [5, 5.41) is 1.18. The first-order valence-electron chi connectivity index (χ1n) is 5.72. The maximum absolute atomic E-state index is 11.8. The van der Waals surface area contributed by atoms with Gasteiger partial charge in [0.15, 0.2) is 5.78 Å². The largest absolute Gasteiger partial charge is 0.294 e. The molecule has 18 heavy (non-hydrogen) atoms. The number of Topliss-reactive ketones (excluding diaryl/α,β-unsaturated/α-hetero) is 1. The number of benzene rings is 1. The van der Waals surface area contributed by atoms with Crippen LogP contribution in [0.3, 0.4) is 0 Å². The van der Waals surface area contributed by atoms with E-state index in [4.69, 9.17) is 4.84 Å². The number of amides is 1. The first kappa shape index (κ1) is 14.9. The summed E-state index contributed by atoms with van der Waals surface area (Å²) < 4.78 is 0.922. The number of carbonyl (C=O) groups excluding carboxylic acids is 2. The van der Waals surface area contributed by atoms with E-state index in [0.717, 1.165) is 4.47 Å². The fourth-order valence-electron chi connectivity index (χ4n) is 1.42. The Morgan fingerprint density at radius 2 is 1.83 bits per heavy atom. The number of carbonyl (C=O) groups is 2. The van der Waals surface area contributed by atoms with Crippen LogP contribution in [-0.2, 0) is 9.63 Å². The molecule has 98 valence electrons. The van der Waals surface area contributed by atoms with E-state index in [1.807, 2.05) is 0 Å². The molecule has 0 aliphatic carbocycles. The molecule has 0 spiro atoms. The van der Waals surface area contributed by atoms with Crippen molar-refractivity contribution in [2.75, 3.05) is 13.7 Å². The Labute approximate surface area is 115 Å². The Morgan fingerprint density at radius 3 is 2.39 bits per heavy atom. The number of hydrogen-bond acceptors (Lipinski definition) is 3. The predicted octanol–water partition coefficient (Wildman–Crippen LogP) is 2.82. The third kappa shape index (κ3) is 4.58. The van der Waals surface area contributed by atoms with Crippen molar-refractivity contribution >= 4 is 27.6 Å². The molecule has 0 aliphatic rings. The van der Waals surface area contributed by atoms with Crippen molar-refractivity contribution in [3.8, 4) is 0 Å². The molecule has 1 amide bonds. The van der Waals surface area contributed by atoms with Gasteiger partial charge in [-0.05, 0) is 19.1 Å². The van der Waals surface area contributed by atoms with E-state index in [9.17, 15) is 9.59 Å². The molecule has 0 aromatic heterocycles. The van der Waals surface area contributed by atoms with E-state index in [0.29, 0.717) is 12.2 Å². The average Bonchev–Trinajstić information content (AvgIpc) is 2.36. The first-order valence-corrected chi connectivity index (χ1v) is 6.52. The molecule has 1 aromatic carbocycles. The van der Waals surface area contributed by atoms with Crippen LogP contribution in [0.15, 0.2) is 28.7 Å². The Hall–Kier alpha value is -1.20. The zero-order chi connectivity index (χ0) is 13.5. The van der Waals surface area contributed by atoms with Gasteiger partial charge in [0.25, 0.3) is 0 Å². The molecule has 0 bridgehead atoms. The van der Waals surface area contributed by atoms with E-state index >= 15 is 0 Å². The van der Waals surface area contributed by atoms with Crippen molar-refractivity contribution in [2.24, 2.45) is 0 Å². The molecular weight excluding hydrogens is 298 g/mol. The number of hydrogen-bond donors (Lipinski definition) is 0. The molecule has 4 nitrogen and oxygen atoms in total. The van der Waals surface area contributed by atoms with Crippen LogP contribution in [0.5, 0.6) is 0 Å². The molecule has 1 aromatic rings. The minimum atomic E-state index is -0.192. The molecule has 0 aliphatic heterocycles. The van der Waals surface area contributed by atoms with Gasteiger partial charge in [-0.1, -0.05) is 28.1 Å². The van der Waals surface area contributed by atoms with Gasteiger partial charge in [-0.15, -0.1) is 0 Å². The van der Waals surface area contributed by atoms with E-state index in [1.54, 1.807) is 38.2 Å². The van der Waals surface area contributed by atoms with Crippen LogP contribution < -0.4 is 0 Å². The highest BCUT2D eigenvalue weighted by Crippen LogP contribution is 2.12. The van der Waals surface area contributed by atoms with Crippen LogP contribution in [0, 0.1) is 0 Å². The molecule has 0 radical (unpaired) electrons. The molecule has 1 rings (SSSR count). The fraction of sp³-hybridized carbons (Fsp3) is 0.385. The molecule has 0 atom stereocenters. The van der Waals surface area contributed by atoms with Gasteiger partial charge in [0.05, 0.1) is 6.61 Å². The lowest BCUT2D eigenvalue weighted by molar-refractivity contribution is -0.176. The van der Waals surface area contributed by atoms with Gasteiger partial charge in [-0.25, -0.2) is 5.06 Å². The van der Waals surface area contributed by atoms with Gasteiger partial charge in [0.2, 0.25) is 5.91 Å². The molecule has 0 N–H and O–H groups in total. The molecule has 0 unspecified atom stereocenters. The quantitative estimate of drug-likeness (QED) is 0.599. The Balaban J connectivity index is 2.46. The smallest absolute Gasteiger partial charge is 0.246 e.